The molecule has 0 N–H and O–H groups in total. The molecule has 25 heavy (non-hydrogen) atoms. The lowest BCUT2D eigenvalue weighted by Gasteiger charge is -2.09. The lowest BCUT2D eigenvalue weighted by molar-refractivity contribution is 0.0468. The molecule has 0 atom stereocenters. The number of rotatable bonds is 6. The molecule has 3 rings (SSSR count). The Bertz CT molecular complexity index is 857. The van der Waals surface area contributed by atoms with Gasteiger partial charge in [-0.1, -0.05) is 18.2 Å². The monoisotopic (exact) mass is 338 g/mol. The molecule has 0 aliphatic carbocycles. The maximum Gasteiger partial charge on any atom is 0.338 e. The van der Waals surface area contributed by atoms with Gasteiger partial charge in [-0.3, -0.25) is 4.79 Å². The molecule has 128 valence electrons. The Morgan fingerprint density at radius 2 is 1.76 bits per heavy atom. The van der Waals surface area contributed by atoms with Crippen LogP contribution in [0.5, 0.6) is 5.75 Å². The molecule has 0 saturated carbocycles. The Kier molecular flexibility index (Phi) is 4.84. The van der Waals surface area contributed by atoms with Gasteiger partial charge in [0.25, 0.3) is 0 Å². The minimum atomic E-state index is -0.569. The van der Waals surface area contributed by atoms with E-state index in [2.05, 4.69) is 0 Å². The molecule has 0 amide bonds. The van der Waals surface area contributed by atoms with Crippen LogP contribution in [-0.4, -0.2) is 24.5 Å². The molecular weight excluding hydrogens is 320 g/mol. The van der Waals surface area contributed by atoms with Gasteiger partial charge in [-0.05, 0) is 50.2 Å². The van der Waals surface area contributed by atoms with Gasteiger partial charge in [0.15, 0.2) is 12.4 Å². The molecule has 0 aliphatic rings. The molecule has 0 unspecified atom stereocenters. The number of carbonyl (C=O) groups excluding carboxylic acids is 2. The first-order chi connectivity index (χ1) is 12.0. The molecule has 0 aliphatic heterocycles. The van der Waals surface area contributed by atoms with E-state index in [1.807, 2.05) is 32.0 Å². The molecule has 0 spiro atoms. The first-order valence-electron chi connectivity index (χ1n) is 7.98. The second kappa shape index (κ2) is 7.21. The predicted molar refractivity (Wildman–Crippen MR) is 93.0 cm³/mol. The number of Topliss-reactive ketones (excluding diaryl/α,β-unsaturated/α-hetero) is 1. The number of esters is 1. The number of benzene rings is 2. The van der Waals surface area contributed by atoms with Crippen molar-refractivity contribution in [2.45, 2.75) is 20.0 Å². The van der Waals surface area contributed by atoms with E-state index < -0.39 is 5.97 Å². The zero-order chi connectivity index (χ0) is 17.8. The molecule has 1 aromatic heterocycles. The molecule has 0 radical (unpaired) electrons. The summed E-state index contributed by atoms with van der Waals surface area (Å²) in [4.78, 5) is 24.2. The lowest BCUT2D eigenvalue weighted by atomic mass is 10.2. The van der Waals surface area contributed by atoms with Gasteiger partial charge in [0.05, 0.1) is 11.7 Å². The van der Waals surface area contributed by atoms with Crippen LogP contribution in [0.2, 0.25) is 0 Å². The highest BCUT2D eigenvalue weighted by molar-refractivity contribution is 6.00. The second-order valence-corrected chi connectivity index (χ2v) is 5.84. The van der Waals surface area contributed by atoms with Gasteiger partial charge in [0.1, 0.15) is 11.3 Å². The molecule has 5 heteroatoms. The topological polar surface area (TPSA) is 65.7 Å². The zero-order valence-corrected chi connectivity index (χ0v) is 14.0. The highest BCUT2D eigenvalue weighted by Gasteiger charge is 2.15. The van der Waals surface area contributed by atoms with Gasteiger partial charge >= 0.3 is 5.97 Å². The smallest absolute Gasteiger partial charge is 0.338 e. The van der Waals surface area contributed by atoms with Gasteiger partial charge in [-0.25, -0.2) is 4.79 Å². The van der Waals surface area contributed by atoms with Crippen LogP contribution >= 0.6 is 0 Å². The molecule has 3 aromatic rings. The van der Waals surface area contributed by atoms with Crippen molar-refractivity contribution >= 4 is 22.7 Å². The average Bonchev–Trinajstić information content (AvgIpc) is 3.03. The highest BCUT2D eigenvalue weighted by atomic mass is 16.5. The zero-order valence-electron chi connectivity index (χ0n) is 14.0. The van der Waals surface area contributed by atoms with Crippen molar-refractivity contribution in [1.82, 2.24) is 0 Å². The van der Waals surface area contributed by atoms with Crippen molar-refractivity contribution in [2.75, 3.05) is 6.61 Å². The fourth-order valence-electron chi connectivity index (χ4n) is 2.35. The molecule has 5 nitrogen and oxygen atoms in total. The van der Waals surface area contributed by atoms with Gasteiger partial charge in [-0.15, -0.1) is 0 Å². The van der Waals surface area contributed by atoms with Gasteiger partial charge in [0.2, 0.25) is 5.78 Å². The minimum Gasteiger partial charge on any atom is -0.491 e. The second-order valence-electron chi connectivity index (χ2n) is 5.84. The summed E-state index contributed by atoms with van der Waals surface area (Å²) in [6.07, 6.45) is 0.0548. The molecule has 0 bridgehead atoms. The van der Waals surface area contributed by atoms with Crippen molar-refractivity contribution in [1.29, 1.82) is 0 Å². The number of ether oxygens (including phenoxy) is 2. The summed E-state index contributed by atoms with van der Waals surface area (Å²) in [6.45, 7) is 3.47. The Balaban J connectivity index is 1.60. The number of para-hydroxylation sites is 1. The maximum absolute atomic E-state index is 12.1. The lowest BCUT2D eigenvalue weighted by Crippen LogP contribution is -2.14. The molecule has 1 heterocycles. The van der Waals surface area contributed by atoms with E-state index in [1.54, 1.807) is 36.4 Å². The fourth-order valence-corrected chi connectivity index (χ4v) is 2.35. The van der Waals surface area contributed by atoms with Crippen molar-refractivity contribution in [3.8, 4) is 5.75 Å². The third-order valence-corrected chi connectivity index (χ3v) is 3.50. The van der Waals surface area contributed by atoms with E-state index in [4.69, 9.17) is 13.9 Å². The Morgan fingerprint density at radius 1 is 1.04 bits per heavy atom. The number of fused-ring (bicyclic) bond motifs is 1. The van der Waals surface area contributed by atoms with Crippen LogP contribution in [0.25, 0.3) is 11.0 Å². The summed E-state index contributed by atoms with van der Waals surface area (Å²) in [5, 5.41) is 0.831. The van der Waals surface area contributed by atoms with E-state index in [-0.39, 0.29) is 24.3 Å². The van der Waals surface area contributed by atoms with Gasteiger partial charge in [0, 0.05) is 5.39 Å². The largest absolute Gasteiger partial charge is 0.491 e. The fraction of sp³-hybridized carbons (Fsp3) is 0.200. The third-order valence-electron chi connectivity index (χ3n) is 3.50. The van der Waals surface area contributed by atoms with E-state index >= 15 is 0 Å². The van der Waals surface area contributed by atoms with Crippen LogP contribution in [0.15, 0.2) is 59.0 Å². The molecular formula is C20H18O5. The first-order valence-corrected chi connectivity index (χ1v) is 7.98. The van der Waals surface area contributed by atoms with Gasteiger partial charge < -0.3 is 13.9 Å². The number of furan rings is 1. The summed E-state index contributed by atoms with van der Waals surface area (Å²) in [5.41, 5.74) is 0.978. The van der Waals surface area contributed by atoms with Gasteiger partial charge in [-0.2, -0.15) is 0 Å². The van der Waals surface area contributed by atoms with Crippen molar-refractivity contribution in [3.63, 3.8) is 0 Å². The molecule has 0 saturated heterocycles. The van der Waals surface area contributed by atoms with Crippen LogP contribution in [0.3, 0.4) is 0 Å². The van der Waals surface area contributed by atoms with E-state index in [9.17, 15) is 9.59 Å². The normalized spacial score (nSPS) is 10.8. The maximum atomic E-state index is 12.1. The van der Waals surface area contributed by atoms with Crippen LogP contribution < -0.4 is 4.74 Å². The van der Waals surface area contributed by atoms with E-state index in [0.29, 0.717) is 16.9 Å². The Labute approximate surface area is 145 Å². The summed E-state index contributed by atoms with van der Waals surface area (Å²) in [5.74, 6) is -0.107. The van der Waals surface area contributed by atoms with Crippen molar-refractivity contribution in [2.24, 2.45) is 0 Å². The SMILES string of the molecule is CC(C)Oc1ccc(C(=O)OCC(=O)c2cc3ccccc3o2)cc1. The quantitative estimate of drug-likeness (QED) is 0.496. The Morgan fingerprint density at radius 3 is 2.44 bits per heavy atom. The Hall–Kier alpha value is -3.08. The van der Waals surface area contributed by atoms with E-state index in [0.717, 1.165) is 5.39 Å². The number of hydrogen-bond donors (Lipinski definition) is 0. The highest BCUT2D eigenvalue weighted by Crippen LogP contribution is 2.19. The van der Waals surface area contributed by atoms with E-state index in [1.165, 1.54) is 0 Å². The molecule has 2 aromatic carbocycles. The summed E-state index contributed by atoms with van der Waals surface area (Å²) in [6, 6.07) is 15.5. The van der Waals surface area contributed by atoms with Crippen LogP contribution in [0.4, 0.5) is 0 Å². The average molecular weight is 338 g/mol. The van der Waals surface area contributed by atoms with Crippen LogP contribution in [0.1, 0.15) is 34.8 Å². The number of hydrogen-bond acceptors (Lipinski definition) is 5. The van der Waals surface area contributed by atoms with Crippen molar-refractivity contribution < 1.29 is 23.5 Å². The van der Waals surface area contributed by atoms with Crippen LogP contribution in [-0.2, 0) is 4.74 Å². The minimum absolute atomic E-state index is 0.0548. The van der Waals surface area contributed by atoms with Crippen molar-refractivity contribution in [3.05, 3.63) is 65.9 Å². The standard InChI is InChI=1S/C20H18O5/c1-13(2)24-16-9-7-14(8-10-16)20(22)23-12-17(21)19-11-15-5-3-4-6-18(15)25-19/h3-11,13H,12H2,1-2H3. The summed E-state index contributed by atoms with van der Waals surface area (Å²) >= 11 is 0. The summed E-state index contributed by atoms with van der Waals surface area (Å²) in [7, 11) is 0. The number of ketones is 1. The first kappa shape index (κ1) is 16.8. The summed E-state index contributed by atoms with van der Waals surface area (Å²) < 4.78 is 16.1. The van der Waals surface area contributed by atoms with Crippen LogP contribution in [0, 0.1) is 0 Å². The predicted octanol–water partition coefficient (Wildman–Crippen LogP) is 4.26. The number of carbonyl (C=O) groups is 2. The third kappa shape index (κ3) is 4.07. The molecule has 0 fully saturated rings.